The number of amides is 1. The summed E-state index contributed by atoms with van der Waals surface area (Å²) in [6.07, 6.45) is 0. The summed E-state index contributed by atoms with van der Waals surface area (Å²) in [5.41, 5.74) is 0.614. The summed E-state index contributed by atoms with van der Waals surface area (Å²) >= 11 is 14.8. The number of rotatable bonds is 2. The van der Waals surface area contributed by atoms with E-state index in [1.54, 1.807) is 25.2 Å². The predicted octanol–water partition coefficient (Wildman–Crippen LogP) is 3.35. The van der Waals surface area contributed by atoms with Crippen molar-refractivity contribution >= 4 is 50.7 Å². The Morgan fingerprint density at radius 3 is 2.71 bits per heavy atom. The number of halogens is 3. The third kappa shape index (κ3) is 2.62. The number of anilines is 1. The standard InChI is InChI=1S/C9H8BrCl2NO/c1-13(9(14)5-10)8-4-6(11)2-3-7(8)12/h2-4H,5H2,1H3. The third-order valence-electron chi connectivity index (χ3n) is 1.76. The van der Waals surface area contributed by atoms with E-state index in [1.165, 1.54) is 4.90 Å². The topological polar surface area (TPSA) is 20.3 Å². The van der Waals surface area contributed by atoms with Gasteiger partial charge >= 0.3 is 0 Å². The highest BCUT2D eigenvalue weighted by Gasteiger charge is 2.12. The van der Waals surface area contributed by atoms with Gasteiger partial charge in [0, 0.05) is 12.1 Å². The van der Waals surface area contributed by atoms with E-state index >= 15 is 0 Å². The Morgan fingerprint density at radius 2 is 2.14 bits per heavy atom. The first-order chi connectivity index (χ1) is 6.56. The number of benzene rings is 1. The van der Waals surface area contributed by atoms with Gasteiger partial charge in [0.15, 0.2) is 0 Å². The first kappa shape index (κ1) is 11.8. The first-order valence-corrected chi connectivity index (χ1v) is 5.71. The first-order valence-electron chi connectivity index (χ1n) is 3.84. The van der Waals surface area contributed by atoms with Gasteiger partial charge in [0.05, 0.1) is 16.0 Å². The molecule has 1 amide bonds. The molecule has 0 fully saturated rings. The molecule has 0 unspecified atom stereocenters. The quantitative estimate of drug-likeness (QED) is 0.767. The molecular weight excluding hydrogens is 289 g/mol. The van der Waals surface area contributed by atoms with E-state index in [4.69, 9.17) is 23.2 Å². The number of nitrogens with zero attached hydrogens (tertiary/aromatic N) is 1. The second-order valence-corrected chi connectivity index (χ2v) is 4.09. The highest BCUT2D eigenvalue weighted by atomic mass is 79.9. The van der Waals surface area contributed by atoms with Crippen LogP contribution in [0, 0.1) is 0 Å². The van der Waals surface area contributed by atoms with Gasteiger partial charge in [0.2, 0.25) is 5.91 Å². The molecule has 0 spiro atoms. The number of carbonyl (C=O) groups is 1. The summed E-state index contributed by atoms with van der Waals surface area (Å²) in [4.78, 5) is 12.8. The van der Waals surface area contributed by atoms with Crippen LogP contribution < -0.4 is 4.90 Å². The van der Waals surface area contributed by atoms with Crippen LogP contribution in [0.25, 0.3) is 0 Å². The fraction of sp³-hybridized carbons (Fsp3) is 0.222. The van der Waals surface area contributed by atoms with E-state index in [-0.39, 0.29) is 11.2 Å². The van der Waals surface area contributed by atoms with E-state index in [9.17, 15) is 4.79 Å². The van der Waals surface area contributed by atoms with Crippen LogP contribution in [0.2, 0.25) is 10.0 Å². The summed E-state index contributed by atoms with van der Waals surface area (Å²) in [6.45, 7) is 0. The van der Waals surface area contributed by atoms with Gasteiger partial charge in [-0.3, -0.25) is 4.79 Å². The summed E-state index contributed by atoms with van der Waals surface area (Å²) in [5, 5.41) is 1.32. The van der Waals surface area contributed by atoms with Gasteiger partial charge in [0.1, 0.15) is 0 Å². The van der Waals surface area contributed by atoms with Crippen LogP contribution >= 0.6 is 39.1 Å². The lowest BCUT2D eigenvalue weighted by Gasteiger charge is -2.17. The van der Waals surface area contributed by atoms with Crippen molar-refractivity contribution < 1.29 is 4.79 Å². The molecule has 0 atom stereocenters. The van der Waals surface area contributed by atoms with Crippen LogP contribution in [0.1, 0.15) is 0 Å². The Labute approximate surface area is 101 Å². The van der Waals surface area contributed by atoms with Crippen molar-refractivity contribution in [1.29, 1.82) is 0 Å². The number of hydrogen-bond acceptors (Lipinski definition) is 1. The zero-order valence-corrected chi connectivity index (χ0v) is 10.5. The van der Waals surface area contributed by atoms with Gasteiger partial charge in [-0.05, 0) is 18.2 Å². The summed E-state index contributed by atoms with van der Waals surface area (Å²) in [5.74, 6) is -0.0748. The molecule has 0 saturated carbocycles. The number of alkyl halides is 1. The monoisotopic (exact) mass is 295 g/mol. The van der Waals surface area contributed by atoms with Crippen LogP contribution in [0.5, 0.6) is 0 Å². The Kier molecular flexibility index (Phi) is 4.23. The van der Waals surface area contributed by atoms with Crippen LogP contribution in [-0.4, -0.2) is 18.3 Å². The predicted molar refractivity (Wildman–Crippen MR) is 63.7 cm³/mol. The molecule has 0 aliphatic carbocycles. The zero-order chi connectivity index (χ0) is 10.7. The number of carbonyl (C=O) groups excluding carboxylic acids is 1. The second kappa shape index (κ2) is 5.01. The van der Waals surface area contributed by atoms with E-state index in [1.807, 2.05) is 0 Å². The molecule has 1 aromatic rings. The fourth-order valence-corrected chi connectivity index (χ4v) is 1.75. The molecule has 76 valence electrons. The molecule has 1 rings (SSSR count). The molecule has 5 heteroatoms. The van der Waals surface area contributed by atoms with Crippen molar-refractivity contribution in [3.63, 3.8) is 0 Å². The van der Waals surface area contributed by atoms with Crippen LogP contribution in [0.3, 0.4) is 0 Å². The molecule has 2 nitrogen and oxygen atoms in total. The Morgan fingerprint density at radius 1 is 1.50 bits per heavy atom. The molecular formula is C9H8BrCl2NO. The molecule has 0 aliphatic heterocycles. The summed E-state index contributed by atoms with van der Waals surface area (Å²) in [7, 11) is 1.65. The average molecular weight is 297 g/mol. The Hall–Kier alpha value is -0.250. The maximum Gasteiger partial charge on any atom is 0.237 e. The molecule has 0 bridgehead atoms. The second-order valence-electron chi connectivity index (χ2n) is 2.68. The van der Waals surface area contributed by atoms with Gasteiger partial charge in [-0.25, -0.2) is 0 Å². The largest absolute Gasteiger partial charge is 0.313 e. The Bertz CT molecular complexity index is 357. The van der Waals surface area contributed by atoms with Crippen molar-refractivity contribution in [3.8, 4) is 0 Å². The van der Waals surface area contributed by atoms with Crippen LogP contribution in [0.15, 0.2) is 18.2 Å². The van der Waals surface area contributed by atoms with E-state index in [0.717, 1.165) is 0 Å². The van der Waals surface area contributed by atoms with Crippen molar-refractivity contribution in [2.24, 2.45) is 0 Å². The molecule has 0 aromatic heterocycles. The minimum absolute atomic E-state index is 0.0748. The van der Waals surface area contributed by atoms with Crippen molar-refractivity contribution in [3.05, 3.63) is 28.2 Å². The molecule has 14 heavy (non-hydrogen) atoms. The minimum Gasteiger partial charge on any atom is -0.313 e. The maximum atomic E-state index is 11.4. The summed E-state index contributed by atoms with van der Waals surface area (Å²) < 4.78 is 0. The normalized spacial score (nSPS) is 10.0. The molecule has 0 N–H and O–H groups in total. The highest BCUT2D eigenvalue weighted by molar-refractivity contribution is 9.09. The SMILES string of the molecule is CN(C(=O)CBr)c1cc(Cl)ccc1Cl. The van der Waals surface area contributed by atoms with Gasteiger partial charge in [-0.1, -0.05) is 39.1 Å². The van der Waals surface area contributed by atoms with Gasteiger partial charge in [0.25, 0.3) is 0 Å². The number of hydrogen-bond donors (Lipinski definition) is 0. The zero-order valence-electron chi connectivity index (χ0n) is 7.43. The van der Waals surface area contributed by atoms with Crippen molar-refractivity contribution in [1.82, 2.24) is 0 Å². The van der Waals surface area contributed by atoms with Gasteiger partial charge < -0.3 is 4.90 Å². The Balaban J connectivity index is 3.05. The lowest BCUT2D eigenvalue weighted by atomic mass is 10.3. The smallest absolute Gasteiger partial charge is 0.237 e. The van der Waals surface area contributed by atoms with Crippen molar-refractivity contribution in [2.75, 3.05) is 17.3 Å². The summed E-state index contributed by atoms with van der Waals surface area (Å²) in [6, 6.07) is 5.00. The van der Waals surface area contributed by atoms with Crippen LogP contribution in [0.4, 0.5) is 5.69 Å². The fourth-order valence-electron chi connectivity index (χ4n) is 0.967. The van der Waals surface area contributed by atoms with E-state index < -0.39 is 0 Å². The van der Waals surface area contributed by atoms with E-state index in [2.05, 4.69) is 15.9 Å². The maximum absolute atomic E-state index is 11.4. The van der Waals surface area contributed by atoms with Gasteiger partial charge in [-0.2, -0.15) is 0 Å². The minimum atomic E-state index is -0.0748. The lowest BCUT2D eigenvalue weighted by Crippen LogP contribution is -2.27. The molecule has 0 radical (unpaired) electrons. The van der Waals surface area contributed by atoms with E-state index in [0.29, 0.717) is 15.7 Å². The van der Waals surface area contributed by atoms with Crippen molar-refractivity contribution in [2.45, 2.75) is 0 Å². The highest BCUT2D eigenvalue weighted by Crippen LogP contribution is 2.28. The molecule has 0 saturated heterocycles. The third-order valence-corrected chi connectivity index (χ3v) is 2.79. The van der Waals surface area contributed by atoms with Gasteiger partial charge in [-0.15, -0.1) is 0 Å². The molecule has 0 aliphatic rings. The molecule has 0 heterocycles. The van der Waals surface area contributed by atoms with Crippen LogP contribution in [-0.2, 0) is 4.79 Å². The average Bonchev–Trinajstić information content (AvgIpc) is 2.19. The molecule has 1 aromatic carbocycles. The lowest BCUT2D eigenvalue weighted by molar-refractivity contribution is -0.115.